The first-order valence-corrected chi connectivity index (χ1v) is 5.11. The van der Waals surface area contributed by atoms with Gasteiger partial charge in [-0.05, 0) is 29.9 Å². The van der Waals surface area contributed by atoms with E-state index in [1.54, 1.807) is 6.20 Å². The number of carbonyl (C=O) groups excluding carboxylic acids is 1. The molecule has 2 atom stereocenters. The monoisotopic (exact) mass is 204 g/mol. The number of rotatable bonds is 1. The number of anilines is 1. The Kier molecular flexibility index (Phi) is 1.71. The molecule has 0 spiro atoms. The lowest BCUT2D eigenvalue weighted by Gasteiger charge is -2.16. The Bertz CT molecular complexity index is 431. The molecule has 2 unspecified atom stereocenters. The Hall–Kier alpha value is -1.58. The number of pyridine rings is 1. The maximum atomic E-state index is 11.3. The molecule has 15 heavy (non-hydrogen) atoms. The van der Waals surface area contributed by atoms with Crippen LogP contribution in [-0.4, -0.2) is 24.6 Å². The van der Waals surface area contributed by atoms with Gasteiger partial charge in [0.2, 0.25) is 0 Å². The summed E-state index contributed by atoms with van der Waals surface area (Å²) in [6.45, 7) is 1.02. The van der Waals surface area contributed by atoms with E-state index in [9.17, 15) is 4.79 Å². The quantitative estimate of drug-likeness (QED) is 0.702. The number of aromatic nitrogens is 1. The third-order valence-corrected chi connectivity index (χ3v) is 3.19. The second-order valence-electron chi connectivity index (χ2n) is 4.14. The van der Waals surface area contributed by atoms with Crippen LogP contribution in [0.1, 0.15) is 28.3 Å². The standard InChI is InChI=1S/C11H12N2O2/c1-15-11(14)7-3-9-8-2-6(8)4-12-10(9)13-5-7/h3,5-6,8H,2,4H2,1H3,(H,12,13). The summed E-state index contributed by atoms with van der Waals surface area (Å²) in [5.41, 5.74) is 1.72. The van der Waals surface area contributed by atoms with E-state index < -0.39 is 0 Å². The molecular formula is C11H12N2O2. The average molecular weight is 204 g/mol. The molecule has 2 aliphatic rings. The summed E-state index contributed by atoms with van der Waals surface area (Å²) in [5.74, 6) is 1.97. The molecule has 3 rings (SSSR count). The van der Waals surface area contributed by atoms with Crippen molar-refractivity contribution < 1.29 is 9.53 Å². The van der Waals surface area contributed by atoms with Gasteiger partial charge in [0.15, 0.2) is 0 Å². The second-order valence-corrected chi connectivity index (χ2v) is 4.14. The van der Waals surface area contributed by atoms with E-state index in [1.807, 2.05) is 6.07 Å². The number of nitrogens with zero attached hydrogens (tertiary/aromatic N) is 1. The first-order valence-electron chi connectivity index (χ1n) is 5.11. The molecule has 2 heterocycles. The van der Waals surface area contributed by atoms with Gasteiger partial charge in [-0.1, -0.05) is 0 Å². The van der Waals surface area contributed by atoms with Crippen molar-refractivity contribution in [3.63, 3.8) is 0 Å². The van der Waals surface area contributed by atoms with Gasteiger partial charge in [0.25, 0.3) is 0 Å². The topological polar surface area (TPSA) is 51.2 Å². The molecule has 1 N–H and O–H groups in total. The first-order chi connectivity index (χ1) is 7.29. The number of carbonyl (C=O) groups is 1. The number of fused-ring (bicyclic) bond motifs is 3. The number of hydrogen-bond donors (Lipinski definition) is 1. The van der Waals surface area contributed by atoms with E-state index in [-0.39, 0.29) is 5.97 Å². The Morgan fingerprint density at radius 3 is 3.33 bits per heavy atom. The molecule has 1 aromatic heterocycles. The summed E-state index contributed by atoms with van der Waals surface area (Å²) < 4.78 is 4.68. The smallest absolute Gasteiger partial charge is 0.339 e. The zero-order valence-corrected chi connectivity index (χ0v) is 8.49. The molecule has 1 aliphatic heterocycles. The summed E-state index contributed by atoms with van der Waals surface area (Å²) in [4.78, 5) is 15.6. The van der Waals surface area contributed by atoms with Crippen molar-refractivity contribution >= 4 is 11.8 Å². The van der Waals surface area contributed by atoms with Crippen LogP contribution in [0, 0.1) is 5.92 Å². The molecule has 78 valence electrons. The van der Waals surface area contributed by atoms with E-state index >= 15 is 0 Å². The molecule has 4 nitrogen and oxygen atoms in total. The number of methoxy groups -OCH3 is 1. The molecular weight excluding hydrogens is 192 g/mol. The molecule has 0 bridgehead atoms. The second kappa shape index (κ2) is 2.95. The van der Waals surface area contributed by atoms with Crippen LogP contribution < -0.4 is 5.32 Å². The fraction of sp³-hybridized carbons (Fsp3) is 0.455. The predicted octanol–water partition coefficient (Wildman–Crippen LogP) is 1.40. The van der Waals surface area contributed by atoms with Gasteiger partial charge in [0.1, 0.15) is 5.82 Å². The fourth-order valence-corrected chi connectivity index (χ4v) is 2.22. The van der Waals surface area contributed by atoms with Gasteiger partial charge in [-0.25, -0.2) is 9.78 Å². The molecule has 1 saturated carbocycles. The van der Waals surface area contributed by atoms with Gasteiger partial charge in [0.05, 0.1) is 12.7 Å². The van der Waals surface area contributed by atoms with Crippen LogP contribution in [0.2, 0.25) is 0 Å². The largest absolute Gasteiger partial charge is 0.465 e. The van der Waals surface area contributed by atoms with Crippen molar-refractivity contribution in [2.75, 3.05) is 19.0 Å². The highest BCUT2D eigenvalue weighted by atomic mass is 16.5. The lowest BCUT2D eigenvalue weighted by Crippen LogP contribution is -2.14. The summed E-state index contributed by atoms with van der Waals surface area (Å²) in [6.07, 6.45) is 2.78. The summed E-state index contributed by atoms with van der Waals surface area (Å²) in [6, 6.07) is 1.91. The van der Waals surface area contributed by atoms with E-state index in [4.69, 9.17) is 0 Å². The first kappa shape index (κ1) is 8.71. The van der Waals surface area contributed by atoms with Crippen LogP contribution in [-0.2, 0) is 4.74 Å². The molecule has 0 saturated heterocycles. The SMILES string of the molecule is COC(=O)c1cnc2c(c1)C1CC1CN2. The van der Waals surface area contributed by atoms with Gasteiger partial charge in [-0.2, -0.15) is 0 Å². The molecule has 0 aromatic carbocycles. The van der Waals surface area contributed by atoms with Gasteiger partial charge in [-0.15, -0.1) is 0 Å². The van der Waals surface area contributed by atoms with Crippen molar-refractivity contribution in [1.82, 2.24) is 4.98 Å². The number of nitrogens with one attached hydrogen (secondary N) is 1. The molecule has 0 amide bonds. The highest BCUT2D eigenvalue weighted by molar-refractivity contribution is 5.89. The van der Waals surface area contributed by atoms with Crippen molar-refractivity contribution in [2.24, 2.45) is 5.92 Å². The minimum Gasteiger partial charge on any atom is -0.465 e. The Morgan fingerprint density at radius 2 is 2.53 bits per heavy atom. The van der Waals surface area contributed by atoms with Crippen LogP contribution in [0.15, 0.2) is 12.3 Å². The third kappa shape index (κ3) is 1.28. The van der Waals surface area contributed by atoms with Gasteiger partial charge < -0.3 is 10.1 Å². The van der Waals surface area contributed by atoms with Crippen molar-refractivity contribution in [3.05, 3.63) is 23.4 Å². The van der Waals surface area contributed by atoms with Crippen molar-refractivity contribution in [2.45, 2.75) is 12.3 Å². The van der Waals surface area contributed by atoms with Crippen LogP contribution in [0.4, 0.5) is 5.82 Å². The number of esters is 1. The molecule has 1 aliphatic carbocycles. The van der Waals surface area contributed by atoms with Crippen LogP contribution >= 0.6 is 0 Å². The zero-order valence-electron chi connectivity index (χ0n) is 8.49. The van der Waals surface area contributed by atoms with Gasteiger partial charge in [-0.3, -0.25) is 0 Å². The lowest BCUT2D eigenvalue weighted by atomic mass is 10.1. The van der Waals surface area contributed by atoms with Crippen molar-refractivity contribution in [3.8, 4) is 0 Å². The highest BCUT2D eigenvalue weighted by Gasteiger charge is 2.43. The summed E-state index contributed by atoms with van der Waals surface area (Å²) in [7, 11) is 1.39. The van der Waals surface area contributed by atoms with E-state index in [2.05, 4.69) is 15.0 Å². The van der Waals surface area contributed by atoms with Crippen LogP contribution in [0.25, 0.3) is 0 Å². The Morgan fingerprint density at radius 1 is 1.67 bits per heavy atom. The van der Waals surface area contributed by atoms with Crippen LogP contribution in [0.3, 0.4) is 0 Å². The molecule has 1 fully saturated rings. The fourth-order valence-electron chi connectivity index (χ4n) is 2.22. The predicted molar refractivity (Wildman–Crippen MR) is 54.9 cm³/mol. The summed E-state index contributed by atoms with van der Waals surface area (Å²) >= 11 is 0. The molecule has 0 radical (unpaired) electrons. The maximum absolute atomic E-state index is 11.3. The van der Waals surface area contributed by atoms with Crippen molar-refractivity contribution in [1.29, 1.82) is 0 Å². The van der Waals surface area contributed by atoms with E-state index in [0.717, 1.165) is 18.3 Å². The summed E-state index contributed by atoms with van der Waals surface area (Å²) in [5, 5.41) is 3.27. The lowest BCUT2D eigenvalue weighted by molar-refractivity contribution is 0.0600. The Labute approximate surface area is 87.7 Å². The van der Waals surface area contributed by atoms with Gasteiger partial charge in [0, 0.05) is 12.7 Å². The minimum absolute atomic E-state index is 0.312. The average Bonchev–Trinajstić information content (AvgIpc) is 3.06. The third-order valence-electron chi connectivity index (χ3n) is 3.19. The molecule has 1 aromatic rings. The normalized spacial score (nSPS) is 25.9. The van der Waals surface area contributed by atoms with Crippen LogP contribution in [0.5, 0.6) is 0 Å². The van der Waals surface area contributed by atoms with E-state index in [1.165, 1.54) is 19.1 Å². The van der Waals surface area contributed by atoms with E-state index in [0.29, 0.717) is 11.5 Å². The Balaban J connectivity index is 2.01. The van der Waals surface area contributed by atoms with Gasteiger partial charge >= 0.3 is 5.97 Å². The number of hydrogen-bond acceptors (Lipinski definition) is 4. The zero-order chi connectivity index (χ0) is 10.4. The maximum Gasteiger partial charge on any atom is 0.339 e. The molecule has 4 heteroatoms. The highest BCUT2D eigenvalue weighted by Crippen LogP contribution is 2.52. The number of ether oxygens (including phenoxy) is 1. The minimum atomic E-state index is -0.312.